The Labute approximate surface area is 108 Å². The predicted octanol–water partition coefficient (Wildman–Crippen LogP) is 3.43. The average Bonchev–Trinajstić information content (AvgIpc) is 2.25. The summed E-state index contributed by atoms with van der Waals surface area (Å²) >= 11 is 7.02. The van der Waals surface area contributed by atoms with Gasteiger partial charge in [-0.15, -0.1) is 0 Å². The van der Waals surface area contributed by atoms with E-state index in [1.807, 2.05) is 0 Å². The van der Waals surface area contributed by atoms with E-state index in [2.05, 4.69) is 62.0 Å². The number of rotatable bonds is 5. The lowest BCUT2D eigenvalue weighted by molar-refractivity contribution is 0.206. The summed E-state index contributed by atoms with van der Waals surface area (Å²) in [7, 11) is 3.78. The van der Waals surface area contributed by atoms with Crippen LogP contribution in [0.2, 0.25) is 0 Å². The monoisotopic (exact) mass is 335 g/mol. The lowest BCUT2D eigenvalue weighted by Crippen LogP contribution is -2.22. The van der Waals surface area contributed by atoms with Crippen LogP contribution in [-0.2, 0) is 10.1 Å². The van der Waals surface area contributed by atoms with E-state index in [4.69, 9.17) is 4.74 Å². The zero-order valence-corrected chi connectivity index (χ0v) is 12.1. The van der Waals surface area contributed by atoms with Crippen molar-refractivity contribution in [1.29, 1.82) is 0 Å². The van der Waals surface area contributed by atoms with Gasteiger partial charge in [0.25, 0.3) is 0 Å². The van der Waals surface area contributed by atoms with Gasteiger partial charge >= 0.3 is 0 Å². The van der Waals surface area contributed by atoms with Gasteiger partial charge in [0.1, 0.15) is 0 Å². The summed E-state index contributed by atoms with van der Waals surface area (Å²) in [5.41, 5.74) is 2.46. The van der Waals surface area contributed by atoms with Crippen LogP contribution in [0.15, 0.2) is 22.7 Å². The van der Waals surface area contributed by atoms with Crippen molar-refractivity contribution in [1.82, 2.24) is 0 Å². The molecule has 0 amide bonds. The van der Waals surface area contributed by atoms with E-state index in [0.717, 1.165) is 23.0 Å². The molecule has 0 fully saturated rings. The van der Waals surface area contributed by atoms with Gasteiger partial charge in [0.05, 0.1) is 12.3 Å². The summed E-state index contributed by atoms with van der Waals surface area (Å²) in [6.07, 6.45) is 0. The van der Waals surface area contributed by atoms with Crippen LogP contribution in [0.5, 0.6) is 0 Å². The highest BCUT2D eigenvalue weighted by Gasteiger charge is 2.05. The Balaban J connectivity index is 2.76. The first-order chi connectivity index (χ1) is 7.19. The van der Waals surface area contributed by atoms with Gasteiger partial charge in [0, 0.05) is 30.5 Å². The average molecular weight is 337 g/mol. The molecule has 15 heavy (non-hydrogen) atoms. The van der Waals surface area contributed by atoms with Crippen molar-refractivity contribution in [3.63, 3.8) is 0 Å². The first-order valence-electron chi connectivity index (χ1n) is 4.73. The Bertz CT molecular complexity index is 317. The third-order valence-electron chi connectivity index (χ3n) is 2.21. The molecule has 4 heteroatoms. The number of halogens is 2. The first-order valence-corrected chi connectivity index (χ1v) is 6.65. The van der Waals surface area contributed by atoms with Crippen LogP contribution in [0, 0.1) is 0 Å². The molecule has 0 aliphatic rings. The predicted molar refractivity (Wildman–Crippen MR) is 71.9 cm³/mol. The Kier molecular flexibility index (Phi) is 5.64. The Morgan fingerprint density at radius 2 is 2.13 bits per heavy atom. The zero-order valence-electron chi connectivity index (χ0n) is 8.96. The van der Waals surface area contributed by atoms with Crippen LogP contribution in [0.3, 0.4) is 0 Å². The molecule has 0 saturated heterocycles. The molecule has 0 N–H and O–H groups in total. The molecule has 0 heterocycles. The van der Waals surface area contributed by atoms with Crippen LogP contribution in [0.25, 0.3) is 0 Å². The van der Waals surface area contributed by atoms with Gasteiger partial charge in [0.15, 0.2) is 0 Å². The second kappa shape index (κ2) is 6.51. The molecule has 0 bridgehead atoms. The van der Waals surface area contributed by atoms with E-state index < -0.39 is 0 Å². The number of hydrogen-bond donors (Lipinski definition) is 0. The fraction of sp³-hybridized carbons (Fsp3) is 0.455. The number of benzene rings is 1. The topological polar surface area (TPSA) is 12.5 Å². The van der Waals surface area contributed by atoms with Gasteiger partial charge in [-0.3, -0.25) is 0 Å². The lowest BCUT2D eigenvalue weighted by atomic mass is 10.2. The van der Waals surface area contributed by atoms with E-state index in [9.17, 15) is 0 Å². The maximum atomic E-state index is 5.05. The zero-order chi connectivity index (χ0) is 11.3. The van der Waals surface area contributed by atoms with Gasteiger partial charge < -0.3 is 9.64 Å². The largest absolute Gasteiger partial charge is 0.383 e. The van der Waals surface area contributed by atoms with Crippen LogP contribution in [0.1, 0.15) is 5.56 Å². The molecule has 0 spiro atoms. The summed E-state index contributed by atoms with van der Waals surface area (Å²) in [6, 6.07) is 6.38. The molecule has 0 radical (unpaired) electrons. The number of nitrogens with zero attached hydrogens (tertiary/aromatic N) is 1. The number of likely N-dealkylation sites (N-methyl/N-ethyl adjacent to an activating group) is 1. The molecule has 0 aliphatic carbocycles. The van der Waals surface area contributed by atoms with Gasteiger partial charge in [-0.05, 0) is 33.6 Å². The SMILES string of the molecule is COCCN(C)c1ccc(CBr)cc1Br. The van der Waals surface area contributed by atoms with E-state index in [1.165, 1.54) is 11.3 Å². The van der Waals surface area contributed by atoms with Crippen LogP contribution in [0.4, 0.5) is 5.69 Å². The third kappa shape index (κ3) is 3.78. The van der Waals surface area contributed by atoms with Crippen molar-refractivity contribution < 1.29 is 4.74 Å². The standard InChI is InChI=1S/C11H15Br2NO/c1-14(5-6-15-2)11-4-3-9(8-12)7-10(11)13/h3-4,7H,5-6,8H2,1-2H3. The van der Waals surface area contributed by atoms with E-state index in [-0.39, 0.29) is 0 Å². The third-order valence-corrected chi connectivity index (χ3v) is 3.49. The molecule has 0 aromatic heterocycles. The Morgan fingerprint density at radius 3 is 2.67 bits per heavy atom. The van der Waals surface area contributed by atoms with Crippen LogP contribution < -0.4 is 4.90 Å². The number of methoxy groups -OCH3 is 1. The summed E-state index contributed by atoms with van der Waals surface area (Å²) in [5, 5.41) is 0.883. The van der Waals surface area contributed by atoms with E-state index in [0.29, 0.717) is 0 Å². The minimum absolute atomic E-state index is 0.739. The molecule has 1 aromatic carbocycles. The summed E-state index contributed by atoms with van der Waals surface area (Å²) in [6.45, 7) is 1.63. The minimum atomic E-state index is 0.739. The van der Waals surface area contributed by atoms with Crippen molar-refractivity contribution >= 4 is 37.5 Å². The molecule has 0 atom stereocenters. The lowest BCUT2D eigenvalue weighted by Gasteiger charge is -2.20. The minimum Gasteiger partial charge on any atom is -0.383 e. The molecule has 0 saturated carbocycles. The molecule has 84 valence electrons. The summed E-state index contributed by atoms with van der Waals surface area (Å²) in [5.74, 6) is 0. The molecule has 2 nitrogen and oxygen atoms in total. The Hall–Kier alpha value is -0.0600. The molecular weight excluding hydrogens is 322 g/mol. The molecular formula is C11H15Br2NO. The van der Waals surface area contributed by atoms with Crippen LogP contribution >= 0.6 is 31.9 Å². The molecule has 0 aliphatic heterocycles. The fourth-order valence-corrected chi connectivity index (χ4v) is 2.37. The van der Waals surface area contributed by atoms with Crippen LogP contribution in [-0.4, -0.2) is 27.3 Å². The smallest absolute Gasteiger partial charge is 0.0637 e. The second-order valence-corrected chi connectivity index (χ2v) is 4.75. The normalized spacial score (nSPS) is 10.4. The van der Waals surface area contributed by atoms with Gasteiger partial charge in [-0.2, -0.15) is 0 Å². The number of alkyl halides is 1. The molecule has 1 aromatic rings. The second-order valence-electron chi connectivity index (χ2n) is 3.33. The maximum absolute atomic E-state index is 5.05. The van der Waals surface area contributed by atoms with Gasteiger partial charge in [-0.1, -0.05) is 22.0 Å². The highest BCUT2D eigenvalue weighted by Crippen LogP contribution is 2.27. The highest BCUT2D eigenvalue weighted by atomic mass is 79.9. The number of ether oxygens (including phenoxy) is 1. The number of hydrogen-bond acceptors (Lipinski definition) is 2. The Morgan fingerprint density at radius 1 is 1.40 bits per heavy atom. The van der Waals surface area contributed by atoms with Crippen molar-refractivity contribution in [2.24, 2.45) is 0 Å². The summed E-state index contributed by atoms with van der Waals surface area (Å²) in [4.78, 5) is 2.17. The van der Waals surface area contributed by atoms with Crippen molar-refractivity contribution in [3.05, 3.63) is 28.2 Å². The molecule has 0 unspecified atom stereocenters. The first kappa shape index (κ1) is 13.0. The van der Waals surface area contributed by atoms with Gasteiger partial charge in [0.2, 0.25) is 0 Å². The summed E-state index contributed by atoms with van der Waals surface area (Å²) < 4.78 is 6.18. The van der Waals surface area contributed by atoms with E-state index >= 15 is 0 Å². The molecule has 1 rings (SSSR count). The number of anilines is 1. The quantitative estimate of drug-likeness (QED) is 0.764. The maximum Gasteiger partial charge on any atom is 0.0637 e. The van der Waals surface area contributed by atoms with Crippen molar-refractivity contribution in [2.45, 2.75) is 5.33 Å². The van der Waals surface area contributed by atoms with Crippen molar-refractivity contribution in [2.75, 3.05) is 32.2 Å². The van der Waals surface area contributed by atoms with E-state index in [1.54, 1.807) is 7.11 Å². The highest BCUT2D eigenvalue weighted by molar-refractivity contribution is 9.10. The van der Waals surface area contributed by atoms with Gasteiger partial charge in [-0.25, -0.2) is 0 Å². The fourth-order valence-electron chi connectivity index (χ4n) is 1.29. The van der Waals surface area contributed by atoms with Crippen molar-refractivity contribution in [3.8, 4) is 0 Å².